The molecule has 0 bridgehead atoms. The molecule has 2 N–H and O–H groups in total. The maximum Gasteiger partial charge on any atom is 0.408 e. The van der Waals surface area contributed by atoms with Crippen molar-refractivity contribution in [2.75, 3.05) is 32.8 Å². The number of alkyl carbamates (subject to hydrolysis) is 1. The smallest absolute Gasteiger partial charge is 0.408 e. The van der Waals surface area contributed by atoms with Crippen LogP contribution in [0.3, 0.4) is 0 Å². The Morgan fingerprint density at radius 3 is 2.07 bits per heavy atom. The van der Waals surface area contributed by atoms with Crippen LogP contribution in [-0.2, 0) is 20.9 Å². The second kappa shape index (κ2) is 12.0. The predicted octanol–water partition coefficient (Wildman–Crippen LogP) is 4.88. The Morgan fingerprint density at radius 2 is 1.45 bits per heavy atom. The van der Waals surface area contributed by atoms with Crippen LogP contribution in [0.25, 0.3) is 11.1 Å². The third-order valence-electron chi connectivity index (χ3n) is 9.06. The second-order valence-electron chi connectivity index (χ2n) is 11.8. The minimum absolute atomic E-state index is 0.0621. The van der Waals surface area contributed by atoms with Gasteiger partial charge in [-0.1, -0.05) is 78.9 Å². The van der Waals surface area contributed by atoms with Gasteiger partial charge in [-0.3, -0.25) is 14.5 Å². The number of piperidine rings is 1. The summed E-state index contributed by atoms with van der Waals surface area (Å²) in [7, 11) is 0. The van der Waals surface area contributed by atoms with Crippen LogP contribution in [0, 0.1) is 5.92 Å². The Hall–Kier alpha value is -4.17. The van der Waals surface area contributed by atoms with Gasteiger partial charge >= 0.3 is 12.1 Å². The second-order valence-corrected chi connectivity index (χ2v) is 11.8. The van der Waals surface area contributed by atoms with E-state index in [1.165, 1.54) is 5.56 Å². The number of hydrogen-bond donors (Lipinski definition) is 2. The molecule has 2 saturated heterocycles. The quantitative estimate of drug-likeness (QED) is 0.382. The molecule has 8 heteroatoms. The van der Waals surface area contributed by atoms with Crippen LogP contribution in [0.2, 0.25) is 0 Å². The van der Waals surface area contributed by atoms with Crippen LogP contribution < -0.4 is 5.32 Å². The number of amides is 2. The van der Waals surface area contributed by atoms with Gasteiger partial charge in [0, 0.05) is 45.1 Å². The number of carboxylic acid groups (broad SMARTS) is 1. The zero-order valence-corrected chi connectivity index (χ0v) is 23.7. The fourth-order valence-electron chi connectivity index (χ4n) is 6.71. The van der Waals surface area contributed by atoms with Crippen molar-refractivity contribution in [1.29, 1.82) is 0 Å². The van der Waals surface area contributed by atoms with Gasteiger partial charge in [0.2, 0.25) is 5.91 Å². The van der Waals surface area contributed by atoms with Crippen molar-refractivity contribution in [3.63, 3.8) is 0 Å². The zero-order chi connectivity index (χ0) is 29.1. The van der Waals surface area contributed by atoms with E-state index in [4.69, 9.17) is 9.84 Å². The summed E-state index contributed by atoms with van der Waals surface area (Å²) < 4.78 is 5.86. The molecule has 0 unspecified atom stereocenters. The number of ether oxygens (including phenoxy) is 1. The van der Waals surface area contributed by atoms with E-state index in [1.807, 2.05) is 42.5 Å². The van der Waals surface area contributed by atoms with Gasteiger partial charge in [0.15, 0.2) is 0 Å². The lowest BCUT2D eigenvalue weighted by molar-refractivity contribution is -0.147. The molecule has 2 heterocycles. The largest absolute Gasteiger partial charge is 0.481 e. The molecule has 2 fully saturated rings. The van der Waals surface area contributed by atoms with Crippen molar-refractivity contribution < 1.29 is 24.2 Å². The van der Waals surface area contributed by atoms with Gasteiger partial charge in [-0.2, -0.15) is 0 Å². The minimum atomic E-state index is -1.05. The molecule has 1 aliphatic carbocycles. The highest BCUT2D eigenvalue weighted by Gasteiger charge is 2.48. The SMILES string of the molecule is O=C(O)CCC1CN(C(=O)C2(NC(=O)OCC3c4ccccc4-c4ccccc43)CCN(Cc3ccccc3)CC2)C1. The summed E-state index contributed by atoms with van der Waals surface area (Å²) in [4.78, 5) is 42.3. The number of fused-ring (bicyclic) bond motifs is 3. The van der Waals surface area contributed by atoms with Crippen LogP contribution in [0.5, 0.6) is 0 Å². The molecule has 0 saturated carbocycles. The van der Waals surface area contributed by atoms with E-state index in [9.17, 15) is 14.4 Å². The van der Waals surface area contributed by atoms with Crippen LogP contribution in [0.1, 0.15) is 48.3 Å². The third-order valence-corrected chi connectivity index (χ3v) is 9.06. The topological polar surface area (TPSA) is 99.2 Å². The number of benzene rings is 3. The van der Waals surface area contributed by atoms with Gasteiger partial charge < -0.3 is 20.1 Å². The number of carbonyl (C=O) groups excluding carboxylic acids is 2. The number of rotatable bonds is 9. The molecule has 0 spiro atoms. The first-order valence-electron chi connectivity index (χ1n) is 14.8. The van der Waals surface area contributed by atoms with Crippen molar-refractivity contribution in [2.24, 2.45) is 5.92 Å². The Bertz CT molecular complexity index is 1400. The molecular weight excluding hydrogens is 530 g/mol. The molecule has 2 aliphatic heterocycles. The number of hydrogen-bond acceptors (Lipinski definition) is 5. The molecule has 42 heavy (non-hydrogen) atoms. The van der Waals surface area contributed by atoms with Crippen molar-refractivity contribution in [3.8, 4) is 11.1 Å². The Kier molecular flexibility index (Phi) is 7.98. The highest BCUT2D eigenvalue weighted by molar-refractivity contribution is 5.91. The Labute approximate surface area is 246 Å². The number of nitrogens with one attached hydrogen (secondary N) is 1. The van der Waals surface area contributed by atoms with Gasteiger partial charge in [0.1, 0.15) is 12.1 Å². The summed E-state index contributed by atoms with van der Waals surface area (Å²) in [5.74, 6) is -0.802. The summed E-state index contributed by atoms with van der Waals surface area (Å²) in [6.07, 6.45) is 1.05. The first-order valence-corrected chi connectivity index (χ1v) is 14.8. The van der Waals surface area contributed by atoms with Crippen LogP contribution in [0.15, 0.2) is 78.9 Å². The predicted molar refractivity (Wildman–Crippen MR) is 159 cm³/mol. The van der Waals surface area contributed by atoms with Crippen molar-refractivity contribution in [1.82, 2.24) is 15.1 Å². The van der Waals surface area contributed by atoms with Crippen molar-refractivity contribution in [3.05, 3.63) is 95.6 Å². The van der Waals surface area contributed by atoms with Gasteiger partial charge in [0.05, 0.1) is 0 Å². The van der Waals surface area contributed by atoms with E-state index in [0.717, 1.165) is 28.8 Å². The van der Waals surface area contributed by atoms with E-state index in [1.54, 1.807) is 4.90 Å². The van der Waals surface area contributed by atoms with E-state index in [2.05, 4.69) is 46.6 Å². The van der Waals surface area contributed by atoms with E-state index in [0.29, 0.717) is 45.4 Å². The molecule has 2 amide bonds. The van der Waals surface area contributed by atoms with Gasteiger partial charge in [-0.25, -0.2) is 4.79 Å². The molecule has 8 nitrogen and oxygen atoms in total. The number of likely N-dealkylation sites (tertiary alicyclic amines) is 2. The van der Waals surface area contributed by atoms with E-state index in [-0.39, 0.29) is 30.8 Å². The van der Waals surface area contributed by atoms with Gasteiger partial charge in [-0.05, 0) is 53.0 Å². The molecule has 0 aromatic heterocycles. The number of carbonyl (C=O) groups is 3. The highest BCUT2D eigenvalue weighted by atomic mass is 16.5. The standard InChI is InChI=1S/C34H37N3O5/c38-31(39)15-14-25-21-37(22-25)32(40)34(16-18-36(19-17-34)20-24-8-2-1-3-9-24)35-33(41)42-23-30-28-12-6-4-10-26(28)27-11-5-7-13-29(27)30/h1-13,25,30H,14-23H2,(H,35,41)(H,38,39). The molecule has 3 aromatic carbocycles. The minimum Gasteiger partial charge on any atom is -0.481 e. The van der Waals surface area contributed by atoms with Crippen molar-refractivity contribution >= 4 is 18.0 Å². The first-order chi connectivity index (χ1) is 20.4. The van der Waals surface area contributed by atoms with Crippen molar-refractivity contribution in [2.45, 2.75) is 43.7 Å². The molecule has 6 rings (SSSR count). The molecule has 0 radical (unpaired) electrons. The first kappa shape index (κ1) is 28.0. The zero-order valence-electron chi connectivity index (χ0n) is 23.7. The Balaban J connectivity index is 1.13. The summed E-state index contributed by atoms with van der Waals surface area (Å²) >= 11 is 0. The van der Waals surface area contributed by atoms with Gasteiger partial charge in [-0.15, -0.1) is 0 Å². The maximum atomic E-state index is 13.9. The molecule has 3 aromatic rings. The average molecular weight is 568 g/mol. The Morgan fingerprint density at radius 1 is 0.857 bits per heavy atom. The van der Waals surface area contributed by atoms with Crippen LogP contribution in [0.4, 0.5) is 4.79 Å². The van der Waals surface area contributed by atoms with E-state index >= 15 is 0 Å². The van der Waals surface area contributed by atoms with Crippen LogP contribution in [-0.4, -0.2) is 71.2 Å². The summed E-state index contributed by atoms with van der Waals surface area (Å²) in [5, 5.41) is 12.1. The van der Waals surface area contributed by atoms with Crippen LogP contribution >= 0.6 is 0 Å². The highest BCUT2D eigenvalue weighted by Crippen LogP contribution is 2.44. The monoisotopic (exact) mass is 567 g/mol. The maximum absolute atomic E-state index is 13.9. The lowest BCUT2D eigenvalue weighted by Gasteiger charge is -2.48. The summed E-state index contributed by atoms with van der Waals surface area (Å²) in [6.45, 7) is 3.35. The fourth-order valence-corrected chi connectivity index (χ4v) is 6.71. The van der Waals surface area contributed by atoms with E-state index < -0.39 is 17.6 Å². The fraction of sp³-hybridized carbons (Fsp3) is 0.382. The molecule has 218 valence electrons. The third kappa shape index (κ3) is 5.77. The lowest BCUT2D eigenvalue weighted by atomic mass is 9.83. The summed E-state index contributed by atoms with van der Waals surface area (Å²) in [6, 6.07) is 26.7. The molecule has 0 atom stereocenters. The average Bonchev–Trinajstić information content (AvgIpc) is 3.30. The normalized spacial score (nSPS) is 18.0. The molecule has 3 aliphatic rings. The number of aliphatic carboxylic acids is 1. The summed E-state index contributed by atoms with van der Waals surface area (Å²) in [5.41, 5.74) is 4.77. The number of nitrogens with zero attached hydrogens (tertiary/aromatic N) is 2. The number of carboxylic acids is 1. The van der Waals surface area contributed by atoms with Gasteiger partial charge in [0.25, 0.3) is 0 Å². The molecular formula is C34H37N3O5. The lowest BCUT2D eigenvalue weighted by Crippen LogP contribution is -2.67.